The van der Waals surface area contributed by atoms with Crippen LogP contribution in [-0.2, 0) is 47.6 Å². The highest BCUT2D eigenvalue weighted by Gasteiger charge is 2.51. The molecule has 0 spiro atoms. The summed E-state index contributed by atoms with van der Waals surface area (Å²) in [5.74, 6) is -2.45. The Morgan fingerprint density at radius 2 is 1.39 bits per heavy atom. The number of ether oxygens (including phenoxy) is 4. The van der Waals surface area contributed by atoms with Crippen LogP contribution in [0.1, 0.15) is 26.3 Å². The fourth-order valence-corrected chi connectivity index (χ4v) is 3.85. The second-order valence-corrected chi connectivity index (χ2v) is 8.45. The highest BCUT2D eigenvalue weighted by molar-refractivity contribution is 7.86. The number of hydrogen-bond acceptors (Lipinski definition) is 11. The molecule has 31 heavy (non-hydrogen) atoms. The Morgan fingerprint density at radius 3 is 1.90 bits per heavy atom. The minimum Gasteiger partial charge on any atom is -0.456 e. The second-order valence-electron chi connectivity index (χ2n) is 6.84. The van der Waals surface area contributed by atoms with E-state index < -0.39 is 65.3 Å². The van der Waals surface area contributed by atoms with E-state index in [1.807, 2.05) is 0 Å². The lowest BCUT2D eigenvalue weighted by molar-refractivity contribution is -0.294. The molecular weight excluding hydrogens is 436 g/mol. The highest BCUT2D eigenvalue weighted by atomic mass is 32.2. The molecule has 1 aromatic carbocycles. The molecule has 0 unspecified atom stereocenters. The second kappa shape index (κ2) is 10.2. The summed E-state index contributed by atoms with van der Waals surface area (Å²) in [6.45, 7) is 4.28. The summed E-state index contributed by atoms with van der Waals surface area (Å²) in [4.78, 5) is 34.4. The van der Waals surface area contributed by atoms with Gasteiger partial charge in [0.15, 0.2) is 24.6 Å². The summed E-state index contributed by atoms with van der Waals surface area (Å²) < 4.78 is 50.5. The first-order chi connectivity index (χ1) is 14.4. The van der Waals surface area contributed by atoms with Gasteiger partial charge in [0, 0.05) is 20.8 Å². The zero-order valence-electron chi connectivity index (χ0n) is 17.3. The van der Waals surface area contributed by atoms with Crippen molar-refractivity contribution in [1.29, 1.82) is 0 Å². The smallest absolute Gasteiger partial charge is 0.303 e. The maximum atomic E-state index is 12.5. The van der Waals surface area contributed by atoms with Gasteiger partial charge in [-0.2, -0.15) is 8.42 Å². The first kappa shape index (κ1) is 24.7. The van der Waals surface area contributed by atoms with E-state index in [2.05, 4.69) is 0 Å². The lowest BCUT2D eigenvalue weighted by Gasteiger charge is -2.42. The monoisotopic (exact) mass is 460 g/mol. The Kier molecular flexibility index (Phi) is 8.12. The quantitative estimate of drug-likeness (QED) is 0.338. The van der Waals surface area contributed by atoms with E-state index >= 15 is 0 Å². The first-order valence-electron chi connectivity index (χ1n) is 9.22. The Bertz CT molecular complexity index is 909. The summed E-state index contributed by atoms with van der Waals surface area (Å²) in [5, 5.41) is 10.3. The molecule has 1 N–H and O–H groups in total. The van der Waals surface area contributed by atoms with Gasteiger partial charge >= 0.3 is 17.9 Å². The molecule has 0 aromatic heterocycles. The topological polar surface area (TPSA) is 152 Å². The van der Waals surface area contributed by atoms with Gasteiger partial charge in [-0.3, -0.25) is 18.6 Å². The summed E-state index contributed by atoms with van der Waals surface area (Å²) in [7, 11) is -4.21. The molecule has 1 fully saturated rings. The predicted molar refractivity (Wildman–Crippen MR) is 102 cm³/mol. The maximum Gasteiger partial charge on any atom is 0.303 e. The lowest BCUT2D eigenvalue weighted by atomic mass is 9.98. The summed E-state index contributed by atoms with van der Waals surface area (Å²) >= 11 is 0. The molecule has 1 aromatic rings. The largest absolute Gasteiger partial charge is 0.456 e. The summed E-state index contributed by atoms with van der Waals surface area (Å²) in [5.41, 5.74) is 0.841. The van der Waals surface area contributed by atoms with E-state index in [0.717, 1.165) is 26.3 Å². The number of carbonyl (C=O) groups is 3. The van der Waals surface area contributed by atoms with Crippen molar-refractivity contribution in [2.75, 3.05) is 6.61 Å². The Balaban J connectivity index is 2.29. The third-order valence-electron chi connectivity index (χ3n) is 4.21. The van der Waals surface area contributed by atoms with Crippen LogP contribution < -0.4 is 0 Å². The van der Waals surface area contributed by atoms with Gasteiger partial charge in [-0.25, -0.2) is 0 Å². The van der Waals surface area contributed by atoms with Crippen molar-refractivity contribution < 1.29 is 51.0 Å². The Labute approximate surface area is 179 Å². The van der Waals surface area contributed by atoms with Gasteiger partial charge in [0.2, 0.25) is 0 Å². The lowest BCUT2D eigenvalue weighted by Crippen LogP contribution is -2.62. The molecule has 1 aliphatic rings. The van der Waals surface area contributed by atoms with Crippen LogP contribution in [0.25, 0.3) is 0 Å². The SMILES string of the molecule is CC(=O)O[C@@H]1[C@@H](OC(C)=O)[C@@H](O)O[C@H](COS(=O)(=O)c2ccc(C)cc2)[C@H]1OC(C)=O. The molecule has 1 heterocycles. The van der Waals surface area contributed by atoms with Crippen molar-refractivity contribution >= 4 is 28.0 Å². The molecular formula is C19H24O11S. The van der Waals surface area contributed by atoms with E-state index in [4.69, 9.17) is 23.1 Å². The highest BCUT2D eigenvalue weighted by Crippen LogP contribution is 2.29. The summed E-state index contributed by atoms with van der Waals surface area (Å²) in [6.07, 6.45) is -7.59. The number of rotatable bonds is 7. The van der Waals surface area contributed by atoms with E-state index in [-0.39, 0.29) is 4.90 Å². The Hall–Kier alpha value is -2.54. The third kappa shape index (κ3) is 6.72. The number of aliphatic hydroxyl groups is 1. The van der Waals surface area contributed by atoms with Crippen molar-refractivity contribution in [3.8, 4) is 0 Å². The molecule has 172 valence electrons. The minimum atomic E-state index is -4.21. The van der Waals surface area contributed by atoms with Crippen LogP contribution in [0.4, 0.5) is 0 Å². The first-order valence-corrected chi connectivity index (χ1v) is 10.6. The zero-order chi connectivity index (χ0) is 23.3. The van der Waals surface area contributed by atoms with Gasteiger partial charge in [0.05, 0.1) is 11.5 Å². The minimum absolute atomic E-state index is 0.118. The molecule has 2 rings (SSSR count). The predicted octanol–water partition coefficient (Wildman–Crippen LogP) is 0.213. The number of hydrogen-bond donors (Lipinski definition) is 1. The molecule has 1 saturated heterocycles. The normalized spacial score (nSPS) is 26.0. The van der Waals surface area contributed by atoms with Crippen molar-refractivity contribution in [2.45, 2.75) is 63.3 Å². The van der Waals surface area contributed by atoms with Gasteiger partial charge in [0.1, 0.15) is 6.10 Å². The number of carbonyl (C=O) groups excluding carboxylic acids is 3. The zero-order valence-corrected chi connectivity index (χ0v) is 18.2. The molecule has 0 amide bonds. The van der Waals surface area contributed by atoms with Gasteiger partial charge in [-0.05, 0) is 19.1 Å². The molecule has 0 bridgehead atoms. The molecule has 5 atom stereocenters. The average molecular weight is 460 g/mol. The standard InChI is InChI=1S/C19H24O11S/c1-10-5-7-14(8-6-10)31(24,25)26-9-15-16(27-11(2)20)17(28-12(3)21)18(19(23)30-15)29-13(4)22/h5-8,15-19,23H,9H2,1-4H3/t15-,16-,17+,18-,19+/m1/s1. The maximum absolute atomic E-state index is 12.5. The number of aryl methyl sites for hydroxylation is 1. The Morgan fingerprint density at radius 1 is 0.903 bits per heavy atom. The van der Waals surface area contributed by atoms with Crippen molar-refractivity contribution in [2.24, 2.45) is 0 Å². The fourth-order valence-electron chi connectivity index (χ4n) is 2.94. The summed E-state index contributed by atoms with van der Waals surface area (Å²) in [6, 6.07) is 5.87. The number of benzene rings is 1. The van der Waals surface area contributed by atoms with E-state index in [1.165, 1.54) is 12.1 Å². The van der Waals surface area contributed by atoms with Crippen molar-refractivity contribution in [1.82, 2.24) is 0 Å². The fraction of sp³-hybridized carbons (Fsp3) is 0.526. The van der Waals surface area contributed by atoms with Gasteiger partial charge < -0.3 is 24.1 Å². The van der Waals surface area contributed by atoms with Crippen LogP contribution >= 0.6 is 0 Å². The molecule has 11 nitrogen and oxygen atoms in total. The van der Waals surface area contributed by atoms with E-state index in [1.54, 1.807) is 19.1 Å². The van der Waals surface area contributed by atoms with Crippen molar-refractivity contribution in [3.05, 3.63) is 29.8 Å². The molecule has 1 aliphatic heterocycles. The number of esters is 3. The van der Waals surface area contributed by atoms with Crippen LogP contribution in [0.5, 0.6) is 0 Å². The van der Waals surface area contributed by atoms with E-state index in [0.29, 0.717) is 0 Å². The molecule has 0 saturated carbocycles. The average Bonchev–Trinajstić information content (AvgIpc) is 2.65. The molecule has 0 aliphatic carbocycles. The van der Waals surface area contributed by atoms with Crippen LogP contribution in [0.3, 0.4) is 0 Å². The molecule has 0 radical (unpaired) electrons. The van der Waals surface area contributed by atoms with Gasteiger partial charge in [0.25, 0.3) is 10.1 Å². The van der Waals surface area contributed by atoms with Crippen LogP contribution in [0.15, 0.2) is 29.2 Å². The van der Waals surface area contributed by atoms with E-state index in [9.17, 15) is 27.9 Å². The van der Waals surface area contributed by atoms with Crippen LogP contribution in [0, 0.1) is 6.92 Å². The van der Waals surface area contributed by atoms with Gasteiger partial charge in [-0.1, -0.05) is 17.7 Å². The third-order valence-corrected chi connectivity index (χ3v) is 5.51. The number of aliphatic hydroxyl groups excluding tert-OH is 1. The van der Waals surface area contributed by atoms with Crippen LogP contribution in [0.2, 0.25) is 0 Å². The molecule has 12 heteroatoms. The van der Waals surface area contributed by atoms with Gasteiger partial charge in [-0.15, -0.1) is 0 Å². The van der Waals surface area contributed by atoms with Crippen LogP contribution in [-0.4, -0.2) is 68.7 Å². The van der Waals surface area contributed by atoms with Crippen molar-refractivity contribution in [3.63, 3.8) is 0 Å².